The topological polar surface area (TPSA) is 3.24 Å². The summed E-state index contributed by atoms with van der Waals surface area (Å²) in [6, 6.07) is 11.1. The van der Waals surface area contributed by atoms with E-state index in [1.54, 1.807) is 0 Å². The highest BCUT2D eigenvalue weighted by molar-refractivity contribution is 5.27. The molecule has 0 radical (unpaired) electrons. The first kappa shape index (κ1) is 12.0. The second kappa shape index (κ2) is 5.22. The Morgan fingerprint density at radius 1 is 1.18 bits per heavy atom. The molecule has 1 aliphatic heterocycles. The van der Waals surface area contributed by atoms with Crippen molar-refractivity contribution >= 4 is 0 Å². The fraction of sp³-hybridized carbons (Fsp3) is 0.375. The molecule has 1 aromatic rings. The lowest BCUT2D eigenvalue weighted by atomic mass is 9.98. The van der Waals surface area contributed by atoms with Crippen LogP contribution >= 0.6 is 0 Å². The molecule has 0 saturated heterocycles. The van der Waals surface area contributed by atoms with Gasteiger partial charge in [0.1, 0.15) is 0 Å². The number of nitrogens with zero attached hydrogens (tertiary/aromatic N) is 1. The maximum absolute atomic E-state index is 2.38. The third kappa shape index (κ3) is 3.00. The van der Waals surface area contributed by atoms with Gasteiger partial charge >= 0.3 is 0 Å². The fourth-order valence-electron chi connectivity index (χ4n) is 2.12. The van der Waals surface area contributed by atoms with Crippen LogP contribution in [0.2, 0.25) is 0 Å². The minimum atomic E-state index is 0.484. The second-order valence-electron chi connectivity index (χ2n) is 5.04. The van der Waals surface area contributed by atoms with Gasteiger partial charge < -0.3 is 4.90 Å². The Morgan fingerprint density at radius 3 is 2.47 bits per heavy atom. The lowest BCUT2D eigenvalue weighted by Crippen LogP contribution is -2.28. The third-order valence-corrected chi connectivity index (χ3v) is 3.29. The van der Waals surface area contributed by atoms with Gasteiger partial charge in [0.2, 0.25) is 0 Å². The van der Waals surface area contributed by atoms with Crippen molar-refractivity contribution in [2.45, 2.75) is 33.4 Å². The van der Waals surface area contributed by atoms with Crippen molar-refractivity contribution < 1.29 is 0 Å². The summed E-state index contributed by atoms with van der Waals surface area (Å²) in [4.78, 5) is 2.38. The Labute approximate surface area is 104 Å². The van der Waals surface area contributed by atoms with Crippen LogP contribution in [0.3, 0.4) is 0 Å². The van der Waals surface area contributed by atoms with Crippen molar-refractivity contribution in [2.75, 3.05) is 0 Å². The zero-order valence-electron chi connectivity index (χ0n) is 10.9. The van der Waals surface area contributed by atoms with Crippen LogP contribution in [0.5, 0.6) is 0 Å². The molecule has 0 saturated carbocycles. The zero-order chi connectivity index (χ0) is 12.3. The largest absolute Gasteiger partial charge is 0.367 e. The van der Waals surface area contributed by atoms with Gasteiger partial charge in [0.15, 0.2) is 0 Å². The predicted molar refractivity (Wildman–Crippen MR) is 73.5 cm³/mol. The van der Waals surface area contributed by atoms with Crippen molar-refractivity contribution in [2.24, 2.45) is 5.92 Å². The summed E-state index contributed by atoms with van der Waals surface area (Å²) in [6.07, 6.45) is 6.84. The Balaban J connectivity index is 2.04. The molecule has 1 atom stereocenters. The molecule has 0 bridgehead atoms. The lowest BCUT2D eigenvalue weighted by molar-refractivity contribution is 0.321. The van der Waals surface area contributed by atoms with Gasteiger partial charge in [0.25, 0.3) is 0 Å². The van der Waals surface area contributed by atoms with Crippen LogP contribution < -0.4 is 0 Å². The molecule has 1 aromatic carbocycles. The van der Waals surface area contributed by atoms with E-state index in [-0.39, 0.29) is 0 Å². The monoisotopic (exact) mass is 227 g/mol. The zero-order valence-corrected chi connectivity index (χ0v) is 10.9. The van der Waals surface area contributed by atoms with E-state index in [2.05, 4.69) is 74.4 Å². The van der Waals surface area contributed by atoms with Gasteiger partial charge in [0, 0.05) is 18.8 Å². The SMILES string of the molecule is CC(C)C1=CC(C)N(Cc2ccccc2)C=C1. The second-order valence-corrected chi connectivity index (χ2v) is 5.04. The van der Waals surface area contributed by atoms with E-state index in [0.29, 0.717) is 12.0 Å². The van der Waals surface area contributed by atoms with Crippen LogP contribution in [-0.2, 0) is 6.54 Å². The van der Waals surface area contributed by atoms with Crippen LogP contribution in [-0.4, -0.2) is 10.9 Å². The van der Waals surface area contributed by atoms with Crippen molar-refractivity contribution in [3.63, 3.8) is 0 Å². The summed E-state index contributed by atoms with van der Waals surface area (Å²) in [5.74, 6) is 0.618. The quantitative estimate of drug-likeness (QED) is 0.754. The molecular weight excluding hydrogens is 206 g/mol. The van der Waals surface area contributed by atoms with Gasteiger partial charge in [-0.1, -0.05) is 50.3 Å². The molecule has 0 amide bonds. The number of hydrogen-bond donors (Lipinski definition) is 0. The van der Waals surface area contributed by atoms with Crippen LogP contribution in [0, 0.1) is 5.92 Å². The first-order valence-electron chi connectivity index (χ1n) is 6.36. The minimum Gasteiger partial charge on any atom is -0.367 e. The normalized spacial score (nSPS) is 19.6. The molecule has 0 spiro atoms. The van der Waals surface area contributed by atoms with Gasteiger partial charge in [-0.3, -0.25) is 0 Å². The summed E-state index contributed by atoms with van der Waals surface area (Å²) >= 11 is 0. The molecule has 1 aliphatic rings. The van der Waals surface area contributed by atoms with E-state index in [9.17, 15) is 0 Å². The Hall–Kier alpha value is -1.50. The number of benzene rings is 1. The molecule has 0 N–H and O–H groups in total. The van der Waals surface area contributed by atoms with E-state index in [1.807, 2.05) is 0 Å². The molecule has 1 unspecified atom stereocenters. The smallest absolute Gasteiger partial charge is 0.0448 e. The number of hydrogen-bond acceptors (Lipinski definition) is 1. The van der Waals surface area contributed by atoms with Crippen molar-refractivity contribution in [3.05, 3.63) is 59.8 Å². The van der Waals surface area contributed by atoms with Gasteiger partial charge in [-0.25, -0.2) is 0 Å². The van der Waals surface area contributed by atoms with Crippen LogP contribution in [0.25, 0.3) is 0 Å². The molecular formula is C16H21N. The lowest BCUT2D eigenvalue weighted by Gasteiger charge is -2.30. The molecule has 0 aliphatic carbocycles. The van der Waals surface area contributed by atoms with Gasteiger partial charge in [-0.05, 0) is 30.1 Å². The maximum atomic E-state index is 2.38. The van der Waals surface area contributed by atoms with Crippen LogP contribution in [0.4, 0.5) is 0 Å². The van der Waals surface area contributed by atoms with Gasteiger partial charge in [-0.15, -0.1) is 0 Å². The van der Waals surface area contributed by atoms with E-state index < -0.39 is 0 Å². The third-order valence-electron chi connectivity index (χ3n) is 3.29. The number of allylic oxidation sites excluding steroid dienone is 2. The van der Waals surface area contributed by atoms with Gasteiger partial charge in [0.05, 0.1) is 0 Å². The summed E-state index contributed by atoms with van der Waals surface area (Å²) in [7, 11) is 0. The van der Waals surface area contributed by atoms with Crippen LogP contribution in [0.15, 0.2) is 54.3 Å². The summed E-state index contributed by atoms with van der Waals surface area (Å²) in [5.41, 5.74) is 2.81. The van der Waals surface area contributed by atoms with Crippen LogP contribution in [0.1, 0.15) is 26.3 Å². The Bertz CT molecular complexity index is 414. The first-order chi connectivity index (χ1) is 8.16. The van der Waals surface area contributed by atoms with E-state index in [0.717, 1.165) is 6.54 Å². The molecule has 2 rings (SSSR count). The molecule has 17 heavy (non-hydrogen) atoms. The van der Waals surface area contributed by atoms with Crippen molar-refractivity contribution in [1.29, 1.82) is 0 Å². The van der Waals surface area contributed by atoms with Crippen molar-refractivity contribution in [1.82, 2.24) is 4.90 Å². The molecule has 90 valence electrons. The minimum absolute atomic E-state index is 0.484. The summed E-state index contributed by atoms with van der Waals surface area (Å²) in [6.45, 7) is 7.74. The van der Waals surface area contributed by atoms with Gasteiger partial charge in [-0.2, -0.15) is 0 Å². The highest BCUT2D eigenvalue weighted by Crippen LogP contribution is 2.21. The van der Waals surface area contributed by atoms with E-state index >= 15 is 0 Å². The number of rotatable bonds is 3. The van der Waals surface area contributed by atoms with E-state index in [4.69, 9.17) is 0 Å². The molecule has 0 fully saturated rings. The highest BCUT2D eigenvalue weighted by Gasteiger charge is 2.14. The maximum Gasteiger partial charge on any atom is 0.0448 e. The highest BCUT2D eigenvalue weighted by atomic mass is 15.1. The molecule has 1 heteroatoms. The van der Waals surface area contributed by atoms with Crippen molar-refractivity contribution in [3.8, 4) is 0 Å². The summed E-state index contributed by atoms with van der Waals surface area (Å²) in [5, 5.41) is 0. The molecule has 1 nitrogen and oxygen atoms in total. The average Bonchev–Trinajstić information content (AvgIpc) is 2.33. The Morgan fingerprint density at radius 2 is 1.88 bits per heavy atom. The standard InChI is InChI=1S/C16H21N/c1-13(2)16-9-10-17(14(3)11-16)12-15-7-5-4-6-8-15/h4-11,13-14H,12H2,1-3H3. The molecule has 0 aromatic heterocycles. The predicted octanol–water partition coefficient (Wildman–Crippen LogP) is 3.99. The summed E-state index contributed by atoms with van der Waals surface area (Å²) < 4.78 is 0. The Kier molecular flexibility index (Phi) is 3.68. The average molecular weight is 227 g/mol. The first-order valence-corrected chi connectivity index (χ1v) is 6.36. The fourth-order valence-corrected chi connectivity index (χ4v) is 2.12. The van der Waals surface area contributed by atoms with E-state index in [1.165, 1.54) is 11.1 Å². The molecule has 1 heterocycles.